The second-order valence-corrected chi connectivity index (χ2v) is 3.29. The molecule has 1 rings (SSSR count). The van der Waals surface area contributed by atoms with Crippen molar-refractivity contribution in [3.63, 3.8) is 0 Å². The summed E-state index contributed by atoms with van der Waals surface area (Å²) in [7, 11) is 1.80. The van der Waals surface area contributed by atoms with Gasteiger partial charge in [0.05, 0.1) is 16.6 Å². The molecule has 0 aliphatic carbocycles. The highest BCUT2D eigenvalue weighted by Gasteiger charge is 2.01. The van der Waals surface area contributed by atoms with Gasteiger partial charge in [-0.1, -0.05) is 17.9 Å². The van der Waals surface area contributed by atoms with Gasteiger partial charge in [0.25, 0.3) is 0 Å². The highest BCUT2D eigenvalue weighted by Crippen LogP contribution is 2.17. The summed E-state index contributed by atoms with van der Waals surface area (Å²) < 4.78 is 13.7. The van der Waals surface area contributed by atoms with Crippen LogP contribution in [0.3, 0.4) is 0 Å². The molecule has 0 saturated heterocycles. The maximum absolute atomic E-state index is 13.3. The molecule has 0 bridgehead atoms. The minimum Gasteiger partial charge on any atom is -0.309 e. The summed E-state index contributed by atoms with van der Waals surface area (Å²) in [5.74, 6) is 5.23. The van der Waals surface area contributed by atoms with Crippen LogP contribution in [0.1, 0.15) is 5.56 Å². The highest BCUT2D eigenvalue weighted by molar-refractivity contribution is 9.10. The van der Waals surface area contributed by atoms with E-state index in [4.69, 9.17) is 0 Å². The van der Waals surface area contributed by atoms with E-state index < -0.39 is 0 Å². The molecule has 0 saturated carbocycles. The van der Waals surface area contributed by atoms with Gasteiger partial charge in [0, 0.05) is 0 Å². The first-order valence-corrected chi connectivity index (χ1v) is 4.62. The molecule has 0 amide bonds. The van der Waals surface area contributed by atoms with Gasteiger partial charge in [0.2, 0.25) is 0 Å². The minimum atomic E-state index is -0.300. The summed E-state index contributed by atoms with van der Waals surface area (Å²) >= 11 is 3.10. The molecule has 68 valence electrons. The first kappa shape index (κ1) is 10.2. The van der Waals surface area contributed by atoms with Gasteiger partial charge in [0.1, 0.15) is 0 Å². The number of hydrogen-bond acceptors (Lipinski definition) is 1. The summed E-state index contributed by atoms with van der Waals surface area (Å²) in [6.45, 7) is 0.561. The van der Waals surface area contributed by atoms with E-state index in [1.807, 2.05) is 0 Å². The van der Waals surface area contributed by atoms with Crippen molar-refractivity contribution in [1.29, 1.82) is 0 Å². The Balaban J connectivity index is 2.91. The number of rotatable bonds is 1. The summed E-state index contributed by atoms with van der Waals surface area (Å²) in [5.41, 5.74) is 0.421. The summed E-state index contributed by atoms with van der Waals surface area (Å²) in [6, 6.07) is 5.07. The maximum atomic E-state index is 13.3. The summed E-state index contributed by atoms with van der Waals surface area (Å²) in [5, 5.41) is 2.86. The molecule has 0 spiro atoms. The van der Waals surface area contributed by atoms with Crippen LogP contribution in [0.5, 0.6) is 0 Å². The average molecular weight is 242 g/mol. The predicted octanol–water partition coefficient (Wildman–Crippen LogP) is 2.16. The van der Waals surface area contributed by atoms with Gasteiger partial charge in [-0.15, -0.1) is 0 Å². The fourth-order valence-corrected chi connectivity index (χ4v) is 1.19. The van der Waals surface area contributed by atoms with Crippen molar-refractivity contribution in [3.05, 3.63) is 34.1 Å². The Labute approximate surface area is 85.5 Å². The van der Waals surface area contributed by atoms with Crippen LogP contribution in [0.4, 0.5) is 4.39 Å². The van der Waals surface area contributed by atoms with Crippen molar-refractivity contribution >= 4 is 15.9 Å². The molecule has 3 heteroatoms. The molecule has 0 aliphatic rings. The van der Waals surface area contributed by atoms with Crippen LogP contribution in [-0.4, -0.2) is 13.6 Å². The van der Waals surface area contributed by atoms with E-state index in [1.54, 1.807) is 25.2 Å². The Morgan fingerprint density at radius 1 is 1.54 bits per heavy atom. The van der Waals surface area contributed by atoms with Gasteiger partial charge in [-0.05, 0) is 35.1 Å². The van der Waals surface area contributed by atoms with Crippen LogP contribution in [0.25, 0.3) is 0 Å². The lowest BCUT2D eigenvalue weighted by atomic mass is 10.2. The van der Waals surface area contributed by atoms with Gasteiger partial charge >= 0.3 is 0 Å². The topological polar surface area (TPSA) is 12.0 Å². The Hall–Kier alpha value is -0.850. The van der Waals surface area contributed by atoms with Crippen molar-refractivity contribution in [2.75, 3.05) is 13.6 Å². The van der Waals surface area contributed by atoms with E-state index in [0.717, 1.165) is 0 Å². The molecule has 1 aromatic rings. The van der Waals surface area contributed by atoms with Gasteiger partial charge in [-0.3, -0.25) is 0 Å². The van der Waals surface area contributed by atoms with Crippen LogP contribution in [-0.2, 0) is 0 Å². The number of halogens is 2. The second kappa shape index (κ2) is 5.00. The van der Waals surface area contributed by atoms with Crippen molar-refractivity contribution in [1.82, 2.24) is 5.32 Å². The molecule has 0 aromatic heterocycles. The molecule has 1 aromatic carbocycles. The number of nitrogens with one attached hydrogen (secondary N) is 1. The quantitative estimate of drug-likeness (QED) is 0.744. The van der Waals surface area contributed by atoms with E-state index in [0.29, 0.717) is 16.6 Å². The van der Waals surface area contributed by atoms with Crippen LogP contribution in [0.15, 0.2) is 22.7 Å². The summed E-state index contributed by atoms with van der Waals surface area (Å²) in [4.78, 5) is 0. The lowest BCUT2D eigenvalue weighted by Crippen LogP contribution is -2.04. The van der Waals surface area contributed by atoms with Crippen LogP contribution >= 0.6 is 15.9 Å². The fraction of sp³-hybridized carbons (Fsp3) is 0.200. The lowest BCUT2D eigenvalue weighted by molar-refractivity contribution is 0.617. The highest BCUT2D eigenvalue weighted by atomic mass is 79.9. The number of hydrogen-bond donors (Lipinski definition) is 1. The SMILES string of the molecule is CNCC#Cc1cccc(Br)c1F. The zero-order chi connectivity index (χ0) is 9.68. The Morgan fingerprint density at radius 2 is 2.31 bits per heavy atom. The lowest BCUT2D eigenvalue weighted by Gasteiger charge is -1.95. The van der Waals surface area contributed by atoms with Crippen molar-refractivity contribution in [3.8, 4) is 11.8 Å². The smallest absolute Gasteiger partial charge is 0.152 e. The molecule has 0 heterocycles. The zero-order valence-electron chi connectivity index (χ0n) is 7.20. The molecular weight excluding hydrogens is 233 g/mol. The Kier molecular flexibility index (Phi) is 3.94. The van der Waals surface area contributed by atoms with Crippen molar-refractivity contribution in [2.45, 2.75) is 0 Å². The van der Waals surface area contributed by atoms with Gasteiger partial charge in [-0.2, -0.15) is 0 Å². The molecular formula is C10H9BrFN. The predicted molar refractivity (Wildman–Crippen MR) is 54.9 cm³/mol. The van der Waals surface area contributed by atoms with E-state index in [-0.39, 0.29) is 5.82 Å². The first-order valence-electron chi connectivity index (χ1n) is 3.83. The molecule has 1 nitrogen and oxygen atoms in total. The molecule has 0 unspecified atom stereocenters. The Morgan fingerprint density at radius 3 is 3.00 bits per heavy atom. The molecule has 0 atom stereocenters. The van der Waals surface area contributed by atoms with Crippen LogP contribution in [0.2, 0.25) is 0 Å². The largest absolute Gasteiger partial charge is 0.309 e. The third-order valence-corrected chi connectivity index (χ3v) is 2.05. The van der Waals surface area contributed by atoms with Gasteiger partial charge in [0.15, 0.2) is 5.82 Å². The zero-order valence-corrected chi connectivity index (χ0v) is 8.78. The molecule has 0 aliphatic heterocycles. The van der Waals surface area contributed by atoms with Crippen molar-refractivity contribution < 1.29 is 4.39 Å². The monoisotopic (exact) mass is 241 g/mol. The molecule has 0 fully saturated rings. The molecule has 0 radical (unpaired) electrons. The third kappa shape index (κ3) is 2.83. The normalized spacial score (nSPS) is 9.15. The maximum Gasteiger partial charge on any atom is 0.152 e. The Bertz CT molecular complexity index is 352. The van der Waals surface area contributed by atoms with Gasteiger partial charge < -0.3 is 5.32 Å². The molecule has 1 N–H and O–H groups in total. The minimum absolute atomic E-state index is 0.300. The van der Waals surface area contributed by atoms with E-state index in [1.165, 1.54) is 0 Å². The molecule has 13 heavy (non-hydrogen) atoms. The van der Waals surface area contributed by atoms with E-state index >= 15 is 0 Å². The third-order valence-electron chi connectivity index (χ3n) is 1.44. The van der Waals surface area contributed by atoms with Crippen LogP contribution < -0.4 is 5.32 Å². The van der Waals surface area contributed by atoms with E-state index in [2.05, 4.69) is 33.1 Å². The van der Waals surface area contributed by atoms with Crippen molar-refractivity contribution in [2.24, 2.45) is 0 Å². The standard InChI is InChI=1S/C10H9BrFN/c1-13-7-3-5-8-4-2-6-9(11)10(8)12/h2,4,6,13H,7H2,1H3. The van der Waals surface area contributed by atoms with Crippen LogP contribution in [0, 0.1) is 17.7 Å². The second-order valence-electron chi connectivity index (χ2n) is 2.43. The first-order chi connectivity index (χ1) is 6.25. The van der Waals surface area contributed by atoms with E-state index in [9.17, 15) is 4.39 Å². The van der Waals surface area contributed by atoms with Gasteiger partial charge in [-0.25, -0.2) is 4.39 Å². The fourth-order valence-electron chi connectivity index (χ4n) is 0.828. The number of benzene rings is 1. The summed E-state index contributed by atoms with van der Waals surface area (Å²) in [6.07, 6.45) is 0. The average Bonchev–Trinajstić information content (AvgIpc) is 2.13.